The normalized spacial score (nSPS) is 14.1. The van der Waals surface area contributed by atoms with Crippen LogP contribution in [0.3, 0.4) is 0 Å². The standard InChI is InChI=1S/C12H24OSi/c1-7-8-9-10-11-13-14(5,6)12(2,3)4/h8-11H,7H2,1-6H3/b9-8-,11-10+. The number of rotatable bonds is 4. The highest BCUT2D eigenvalue weighted by atomic mass is 28.4. The van der Waals surface area contributed by atoms with Crippen LogP contribution in [0.4, 0.5) is 0 Å². The average Bonchev–Trinajstić information content (AvgIpc) is 2.02. The summed E-state index contributed by atoms with van der Waals surface area (Å²) in [5.41, 5.74) is 0. The highest BCUT2D eigenvalue weighted by Crippen LogP contribution is 2.36. The van der Waals surface area contributed by atoms with Gasteiger partial charge in [-0.1, -0.05) is 39.8 Å². The van der Waals surface area contributed by atoms with Crippen LogP contribution in [0.2, 0.25) is 18.1 Å². The van der Waals surface area contributed by atoms with Crippen LogP contribution in [0.5, 0.6) is 0 Å². The largest absolute Gasteiger partial charge is 0.549 e. The number of hydrogen-bond acceptors (Lipinski definition) is 1. The molecule has 0 aromatic heterocycles. The molecule has 0 N–H and O–H groups in total. The van der Waals surface area contributed by atoms with Crippen LogP contribution in [-0.4, -0.2) is 8.32 Å². The molecule has 82 valence electrons. The lowest BCUT2D eigenvalue weighted by atomic mass is 10.2. The minimum atomic E-state index is -1.59. The first-order chi connectivity index (χ1) is 6.31. The zero-order valence-electron chi connectivity index (χ0n) is 10.4. The third-order valence-electron chi connectivity index (χ3n) is 2.73. The number of allylic oxidation sites excluding steroid dienone is 3. The van der Waals surface area contributed by atoms with Crippen LogP contribution in [0.1, 0.15) is 34.1 Å². The monoisotopic (exact) mass is 212 g/mol. The van der Waals surface area contributed by atoms with Crippen molar-refractivity contribution in [3.63, 3.8) is 0 Å². The van der Waals surface area contributed by atoms with Crippen LogP contribution in [0, 0.1) is 0 Å². The lowest BCUT2D eigenvalue weighted by Crippen LogP contribution is -2.39. The Hall–Kier alpha value is -0.503. The maximum atomic E-state index is 5.85. The molecule has 0 radical (unpaired) electrons. The third kappa shape index (κ3) is 4.65. The van der Waals surface area contributed by atoms with E-state index in [1.807, 2.05) is 18.4 Å². The van der Waals surface area contributed by atoms with Crippen molar-refractivity contribution in [2.24, 2.45) is 0 Å². The van der Waals surface area contributed by atoms with Gasteiger partial charge in [-0.2, -0.15) is 0 Å². The summed E-state index contributed by atoms with van der Waals surface area (Å²) in [6, 6.07) is 0. The van der Waals surface area contributed by atoms with Gasteiger partial charge < -0.3 is 4.43 Å². The topological polar surface area (TPSA) is 9.23 Å². The third-order valence-corrected chi connectivity index (χ3v) is 7.07. The molecule has 2 heteroatoms. The van der Waals surface area contributed by atoms with Gasteiger partial charge in [-0.25, -0.2) is 0 Å². The first-order valence-electron chi connectivity index (χ1n) is 5.31. The highest BCUT2D eigenvalue weighted by molar-refractivity contribution is 6.74. The molecule has 0 spiro atoms. The van der Waals surface area contributed by atoms with Gasteiger partial charge in [0.25, 0.3) is 0 Å². The van der Waals surface area contributed by atoms with Crippen molar-refractivity contribution in [2.75, 3.05) is 0 Å². The first-order valence-corrected chi connectivity index (χ1v) is 8.21. The Kier molecular flexibility index (Phi) is 5.20. The van der Waals surface area contributed by atoms with Crippen molar-refractivity contribution in [3.05, 3.63) is 24.5 Å². The summed E-state index contributed by atoms with van der Waals surface area (Å²) in [5, 5.41) is 0.284. The van der Waals surface area contributed by atoms with Gasteiger partial charge in [0.2, 0.25) is 8.32 Å². The van der Waals surface area contributed by atoms with E-state index in [1.165, 1.54) is 0 Å². The zero-order valence-corrected chi connectivity index (χ0v) is 11.4. The van der Waals surface area contributed by atoms with E-state index in [0.717, 1.165) is 6.42 Å². The molecular formula is C12H24OSi. The summed E-state index contributed by atoms with van der Waals surface area (Å²) < 4.78 is 5.85. The van der Waals surface area contributed by atoms with Gasteiger partial charge in [-0.3, -0.25) is 0 Å². The Morgan fingerprint density at radius 2 is 1.71 bits per heavy atom. The average molecular weight is 212 g/mol. The molecule has 0 rings (SSSR count). The number of hydrogen-bond donors (Lipinski definition) is 0. The molecule has 0 bridgehead atoms. The summed E-state index contributed by atoms with van der Waals surface area (Å²) in [5.74, 6) is 0. The molecule has 1 nitrogen and oxygen atoms in total. The van der Waals surface area contributed by atoms with Gasteiger partial charge >= 0.3 is 0 Å². The second-order valence-corrected chi connectivity index (χ2v) is 9.80. The maximum absolute atomic E-state index is 5.85. The Bertz CT molecular complexity index is 209. The second-order valence-electron chi connectivity index (χ2n) is 5.04. The van der Waals surface area contributed by atoms with Gasteiger partial charge in [0, 0.05) is 0 Å². The Labute approximate surface area is 90.0 Å². The molecule has 0 aliphatic heterocycles. The second kappa shape index (κ2) is 5.40. The quantitative estimate of drug-likeness (QED) is 0.379. The Balaban J connectivity index is 4.12. The summed E-state index contributed by atoms with van der Waals surface area (Å²) >= 11 is 0. The van der Waals surface area contributed by atoms with Crippen molar-refractivity contribution in [1.29, 1.82) is 0 Å². The fraction of sp³-hybridized carbons (Fsp3) is 0.667. The van der Waals surface area contributed by atoms with Gasteiger partial charge in [0.15, 0.2) is 0 Å². The fourth-order valence-electron chi connectivity index (χ4n) is 0.646. The molecule has 0 saturated carbocycles. The van der Waals surface area contributed by atoms with Gasteiger partial charge in [-0.05, 0) is 30.6 Å². The molecular weight excluding hydrogens is 188 g/mol. The molecule has 0 aromatic carbocycles. The molecule has 0 amide bonds. The van der Waals surface area contributed by atoms with Crippen molar-refractivity contribution in [1.82, 2.24) is 0 Å². The van der Waals surface area contributed by atoms with Gasteiger partial charge in [-0.15, -0.1) is 0 Å². The Morgan fingerprint density at radius 1 is 1.14 bits per heavy atom. The first kappa shape index (κ1) is 13.5. The van der Waals surface area contributed by atoms with E-state index in [1.54, 1.807) is 0 Å². The lowest BCUT2D eigenvalue weighted by molar-refractivity contribution is 0.430. The van der Waals surface area contributed by atoms with E-state index in [-0.39, 0.29) is 5.04 Å². The van der Waals surface area contributed by atoms with Crippen molar-refractivity contribution in [3.8, 4) is 0 Å². The minimum Gasteiger partial charge on any atom is -0.549 e. The molecule has 0 aromatic rings. The smallest absolute Gasteiger partial charge is 0.249 e. The fourth-order valence-corrected chi connectivity index (χ4v) is 1.42. The summed E-state index contributed by atoms with van der Waals surface area (Å²) in [7, 11) is -1.59. The van der Waals surface area contributed by atoms with E-state index >= 15 is 0 Å². The van der Waals surface area contributed by atoms with Gasteiger partial charge in [0.05, 0.1) is 6.26 Å². The SMILES string of the molecule is CC/C=C\C=C\O[Si](C)(C)C(C)(C)C. The van der Waals surface area contributed by atoms with Crippen LogP contribution in [0.25, 0.3) is 0 Å². The molecule has 0 aliphatic rings. The van der Waals surface area contributed by atoms with E-state index in [4.69, 9.17) is 4.43 Å². The highest BCUT2D eigenvalue weighted by Gasteiger charge is 2.37. The van der Waals surface area contributed by atoms with E-state index < -0.39 is 8.32 Å². The van der Waals surface area contributed by atoms with E-state index in [9.17, 15) is 0 Å². The summed E-state index contributed by atoms with van der Waals surface area (Å²) in [4.78, 5) is 0. The predicted molar refractivity (Wildman–Crippen MR) is 66.9 cm³/mol. The molecule has 0 atom stereocenters. The van der Waals surface area contributed by atoms with Crippen molar-refractivity contribution < 1.29 is 4.43 Å². The summed E-state index contributed by atoms with van der Waals surface area (Å²) in [6.07, 6.45) is 9.04. The molecule has 0 fully saturated rings. The van der Waals surface area contributed by atoms with Crippen LogP contribution >= 0.6 is 0 Å². The van der Waals surface area contributed by atoms with E-state index in [2.05, 4.69) is 46.9 Å². The molecule has 0 saturated heterocycles. The molecule has 14 heavy (non-hydrogen) atoms. The zero-order chi connectivity index (χ0) is 11.2. The molecule has 0 heterocycles. The minimum absolute atomic E-state index is 0.284. The molecule has 0 aliphatic carbocycles. The summed E-state index contributed by atoms with van der Waals surface area (Å²) in [6.45, 7) is 13.4. The van der Waals surface area contributed by atoms with E-state index in [0.29, 0.717) is 0 Å². The van der Waals surface area contributed by atoms with Crippen LogP contribution in [0.15, 0.2) is 24.5 Å². The predicted octanol–water partition coefficient (Wildman–Crippen LogP) is 4.49. The van der Waals surface area contributed by atoms with Gasteiger partial charge in [0.1, 0.15) is 0 Å². The van der Waals surface area contributed by atoms with Crippen LogP contribution in [-0.2, 0) is 4.43 Å². The van der Waals surface area contributed by atoms with Crippen molar-refractivity contribution >= 4 is 8.32 Å². The Morgan fingerprint density at radius 3 is 2.14 bits per heavy atom. The van der Waals surface area contributed by atoms with Crippen LogP contribution < -0.4 is 0 Å². The van der Waals surface area contributed by atoms with Crippen molar-refractivity contribution in [2.45, 2.75) is 52.2 Å². The maximum Gasteiger partial charge on any atom is 0.249 e. The molecule has 0 unspecified atom stereocenters. The lowest BCUT2D eigenvalue weighted by Gasteiger charge is -2.34.